The summed E-state index contributed by atoms with van der Waals surface area (Å²) in [7, 11) is -3.89. The highest BCUT2D eigenvalue weighted by Gasteiger charge is 2.34. The second-order valence-corrected chi connectivity index (χ2v) is 9.11. The average molecular weight is 452 g/mol. The maximum Gasteiger partial charge on any atom is 0.240 e. The van der Waals surface area contributed by atoms with Crippen LogP contribution >= 0.6 is 0 Å². The van der Waals surface area contributed by atoms with Crippen LogP contribution < -0.4 is 10.0 Å². The van der Waals surface area contributed by atoms with Crippen LogP contribution in [-0.4, -0.2) is 55.8 Å². The van der Waals surface area contributed by atoms with E-state index >= 15 is 0 Å². The number of amides is 1. The maximum atomic E-state index is 13.1. The van der Waals surface area contributed by atoms with Crippen molar-refractivity contribution in [3.63, 3.8) is 0 Å². The highest BCUT2D eigenvalue weighted by atomic mass is 32.2. The van der Waals surface area contributed by atoms with Gasteiger partial charge in [-0.3, -0.25) is 9.78 Å². The van der Waals surface area contributed by atoms with E-state index < -0.39 is 40.7 Å². The Labute approximate surface area is 180 Å². The maximum absolute atomic E-state index is 13.1. The first-order valence-electron chi connectivity index (χ1n) is 10.1. The number of carbonyl (C=O) groups excluding carboxylic acids is 1. The second-order valence-electron chi connectivity index (χ2n) is 7.40. The van der Waals surface area contributed by atoms with Crippen molar-refractivity contribution in [1.82, 2.24) is 15.0 Å². The topological polar surface area (TPSA) is 118 Å². The minimum absolute atomic E-state index is 0.0683. The van der Waals surface area contributed by atoms with E-state index in [1.165, 1.54) is 12.1 Å². The molecule has 0 saturated carbocycles. The number of halogens is 1. The number of aliphatic hydroxyl groups excluding tert-OH is 1. The summed E-state index contributed by atoms with van der Waals surface area (Å²) in [5, 5.41) is 12.5. The molecule has 31 heavy (non-hydrogen) atoms. The molecule has 2 heterocycles. The normalized spacial score (nSPS) is 21.5. The zero-order valence-corrected chi connectivity index (χ0v) is 17.7. The molecule has 3 rings (SSSR count). The minimum atomic E-state index is -3.89. The molecular formula is C21H26FN3O5S. The summed E-state index contributed by atoms with van der Waals surface area (Å²) in [6, 6.07) is 7.61. The Morgan fingerprint density at radius 1 is 1.16 bits per heavy atom. The van der Waals surface area contributed by atoms with Crippen molar-refractivity contribution < 1.29 is 27.4 Å². The van der Waals surface area contributed by atoms with Gasteiger partial charge in [-0.05, 0) is 61.2 Å². The molecule has 1 aromatic heterocycles. The Kier molecular flexibility index (Phi) is 8.08. The Hall–Kier alpha value is -2.40. The van der Waals surface area contributed by atoms with Crippen molar-refractivity contribution >= 4 is 15.9 Å². The Bertz CT molecular complexity index is 957. The molecule has 0 bridgehead atoms. The number of aromatic nitrogens is 1. The quantitative estimate of drug-likeness (QED) is 0.527. The van der Waals surface area contributed by atoms with Gasteiger partial charge in [-0.15, -0.1) is 0 Å². The second kappa shape index (κ2) is 10.8. The Morgan fingerprint density at radius 3 is 2.55 bits per heavy atom. The molecule has 0 aliphatic carbocycles. The van der Waals surface area contributed by atoms with E-state index in [9.17, 15) is 22.7 Å². The summed E-state index contributed by atoms with van der Waals surface area (Å²) in [6.45, 7) is 0.0931. The van der Waals surface area contributed by atoms with E-state index in [1.807, 2.05) is 12.1 Å². The average Bonchev–Trinajstić information content (AvgIpc) is 2.75. The molecule has 8 nitrogen and oxygen atoms in total. The monoisotopic (exact) mass is 451 g/mol. The lowest BCUT2D eigenvalue weighted by Gasteiger charge is -2.35. The lowest BCUT2D eigenvalue weighted by atomic mass is 9.98. The number of nitrogens with zero attached hydrogens (tertiary/aromatic N) is 1. The summed E-state index contributed by atoms with van der Waals surface area (Å²) in [6.07, 6.45) is 3.89. The zero-order valence-electron chi connectivity index (χ0n) is 16.9. The first-order chi connectivity index (χ1) is 14.9. The summed E-state index contributed by atoms with van der Waals surface area (Å²) in [5.74, 6) is -0.698. The van der Waals surface area contributed by atoms with Crippen LogP contribution in [-0.2, 0) is 26.0 Å². The van der Waals surface area contributed by atoms with Crippen LogP contribution in [0.5, 0.6) is 0 Å². The van der Waals surface area contributed by atoms with Gasteiger partial charge in [-0.25, -0.2) is 17.5 Å². The lowest BCUT2D eigenvalue weighted by molar-refractivity contribution is -0.130. The number of nitrogens with one attached hydrogen (secondary N) is 2. The van der Waals surface area contributed by atoms with Crippen molar-refractivity contribution in [2.24, 2.45) is 0 Å². The van der Waals surface area contributed by atoms with Crippen LogP contribution in [0.15, 0.2) is 53.7 Å². The Balaban J connectivity index is 1.48. The number of carbonyl (C=O) groups is 1. The summed E-state index contributed by atoms with van der Waals surface area (Å²) in [5.41, 5.74) is 1.07. The number of hydrogen-bond donors (Lipinski definition) is 3. The molecule has 3 N–H and O–H groups in total. The van der Waals surface area contributed by atoms with Gasteiger partial charge in [-0.2, -0.15) is 0 Å². The van der Waals surface area contributed by atoms with Crippen LogP contribution in [0.3, 0.4) is 0 Å². The molecule has 1 aromatic carbocycles. The van der Waals surface area contributed by atoms with Gasteiger partial charge in [0.05, 0.1) is 36.2 Å². The van der Waals surface area contributed by atoms with Gasteiger partial charge in [0.1, 0.15) is 5.82 Å². The van der Waals surface area contributed by atoms with Crippen molar-refractivity contribution in [1.29, 1.82) is 0 Å². The van der Waals surface area contributed by atoms with Gasteiger partial charge in [0, 0.05) is 18.9 Å². The van der Waals surface area contributed by atoms with E-state index in [4.69, 9.17) is 4.74 Å². The van der Waals surface area contributed by atoms with Crippen LogP contribution in [0.25, 0.3) is 0 Å². The number of pyridine rings is 1. The standard InChI is InChI=1S/C21H26FN3O5S/c22-16-1-4-18(5-2-16)31(28,29)25-19-6-3-17(30-20(19)14-26)13-21(27)24-12-9-15-7-10-23-11-8-15/h1-2,4-5,7-8,10-11,17,19-20,25-26H,3,6,9,12-14H2,(H,24,27)/t17-,19+,20+/m0/s1. The summed E-state index contributed by atoms with van der Waals surface area (Å²) < 4.78 is 46.4. The number of rotatable bonds is 9. The van der Waals surface area contributed by atoms with Crippen LogP contribution in [0.1, 0.15) is 24.8 Å². The summed E-state index contributed by atoms with van der Waals surface area (Å²) in [4.78, 5) is 16.1. The molecule has 1 amide bonds. The molecule has 3 atom stereocenters. The van der Waals surface area contributed by atoms with E-state index in [2.05, 4.69) is 15.0 Å². The van der Waals surface area contributed by atoms with E-state index in [0.717, 1.165) is 17.7 Å². The van der Waals surface area contributed by atoms with Crippen LogP contribution in [0, 0.1) is 5.82 Å². The van der Waals surface area contributed by atoms with Gasteiger partial charge in [0.2, 0.25) is 15.9 Å². The van der Waals surface area contributed by atoms with Crippen molar-refractivity contribution in [2.45, 2.75) is 48.8 Å². The highest BCUT2D eigenvalue weighted by molar-refractivity contribution is 7.89. The largest absolute Gasteiger partial charge is 0.394 e. The number of ether oxygens (including phenoxy) is 1. The van der Waals surface area contributed by atoms with E-state index in [-0.39, 0.29) is 17.2 Å². The third kappa shape index (κ3) is 6.79. The molecular weight excluding hydrogens is 425 g/mol. The molecule has 1 fully saturated rings. The van der Waals surface area contributed by atoms with Crippen molar-refractivity contribution in [3.8, 4) is 0 Å². The SMILES string of the molecule is O=C(C[C@@H]1CC[C@@H](NS(=O)(=O)c2ccc(F)cc2)[C@@H](CO)O1)NCCc1ccncc1. The van der Waals surface area contributed by atoms with Gasteiger partial charge < -0.3 is 15.2 Å². The Morgan fingerprint density at radius 2 is 1.87 bits per heavy atom. The van der Waals surface area contributed by atoms with Gasteiger partial charge >= 0.3 is 0 Å². The molecule has 10 heteroatoms. The third-order valence-electron chi connectivity index (χ3n) is 5.12. The lowest BCUT2D eigenvalue weighted by Crippen LogP contribution is -2.51. The molecule has 0 unspecified atom stereocenters. The fourth-order valence-corrected chi connectivity index (χ4v) is 4.77. The number of sulfonamides is 1. The molecule has 2 aromatic rings. The smallest absolute Gasteiger partial charge is 0.240 e. The van der Waals surface area contributed by atoms with E-state index in [0.29, 0.717) is 25.8 Å². The van der Waals surface area contributed by atoms with Gasteiger partial charge in [-0.1, -0.05) is 0 Å². The fraction of sp³-hybridized carbons (Fsp3) is 0.429. The molecule has 0 radical (unpaired) electrons. The number of benzene rings is 1. The predicted molar refractivity (Wildman–Crippen MR) is 111 cm³/mol. The predicted octanol–water partition coefficient (Wildman–Crippen LogP) is 1.16. The number of hydrogen-bond acceptors (Lipinski definition) is 6. The molecule has 1 aliphatic heterocycles. The molecule has 0 spiro atoms. The minimum Gasteiger partial charge on any atom is -0.394 e. The first-order valence-corrected chi connectivity index (χ1v) is 11.6. The zero-order chi connectivity index (χ0) is 22.3. The summed E-state index contributed by atoms with van der Waals surface area (Å²) >= 11 is 0. The van der Waals surface area contributed by atoms with Gasteiger partial charge in [0.15, 0.2) is 0 Å². The third-order valence-corrected chi connectivity index (χ3v) is 6.63. The van der Waals surface area contributed by atoms with Crippen molar-refractivity contribution in [2.75, 3.05) is 13.2 Å². The highest BCUT2D eigenvalue weighted by Crippen LogP contribution is 2.23. The number of aliphatic hydroxyl groups is 1. The van der Waals surface area contributed by atoms with Crippen molar-refractivity contribution in [3.05, 3.63) is 60.2 Å². The van der Waals surface area contributed by atoms with Gasteiger partial charge in [0.25, 0.3) is 0 Å². The fourth-order valence-electron chi connectivity index (χ4n) is 3.47. The molecule has 1 saturated heterocycles. The van der Waals surface area contributed by atoms with E-state index in [1.54, 1.807) is 12.4 Å². The van der Waals surface area contributed by atoms with Crippen LogP contribution in [0.4, 0.5) is 4.39 Å². The molecule has 168 valence electrons. The first kappa shape index (κ1) is 23.3. The van der Waals surface area contributed by atoms with Crippen LogP contribution in [0.2, 0.25) is 0 Å². The molecule has 1 aliphatic rings.